The molecule has 4 aromatic rings. The molecule has 0 radical (unpaired) electrons. The van der Waals surface area contributed by atoms with Crippen molar-refractivity contribution in [3.8, 4) is 11.5 Å². The molecule has 0 spiro atoms. The third-order valence-electron chi connectivity index (χ3n) is 5.76. The molecule has 0 aromatic heterocycles. The molecule has 0 saturated heterocycles. The SMILES string of the molecule is CN1C(=O)[C@@H](NC(=O)Nc2ccccc2Oc2ccccc2)N=C(c2ccccc2)c2ccccc21. The molecule has 0 bridgehead atoms. The van der Waals surface area contributed by atoms with Crippen LogP contribution in [0, 0.1) is 0 Å². The molecule has 1 heterocycles. The largest absolute Gasteiger partial charge is 0.455 e. The number of hydrogen-bond donors (Lipinski definition) is 2. The highest BCUT2D eigenvalue weighted by atomic mass is 16.5. The molecule has 0 saturated carbocycles. The summed E-state index contributed by atoms with van der Waals surface area (Å²) in [6, 6.07) is 33.0. The number of hydrogen-bond acceptors (Lipinski definition) is 4. The maximum Gasteiger partial charge on any atom is 0.321 e. The molecule has 178 valence electrons. The Labute approximate surface area is 209 Å². The first-order valence-electron chi connectivity index (χ1n) is 11.5. The molecule has 1 aliphatic heterocycles. The molecule has 7 nitrogen and oxygen atoms in total. The van der Waals surface area contributed by atoms with E-state index in [-0.39, 0.29) is 5.91 Å². The van der Waals surface area contributed by atoms with E-state index in [9.17, 15) is 9.59 Å². The zero-order chi connectivity index (χ0) is 24.9. The van der Waals surface area contributed by atoms with Gasteiger partial charge in [-0.15, -0.1) is 0 Å². The number of fused-ring (bicyclic) bond motifs is 1. The molecule has 7 heteroatoms. The average molecular weight is 477 g/mol. The van der Waals surface area contributed by atoms with Gasteiger partial charge in [0.1, 0.15) is 5.75 Å². The number of carbonyl (C=O) groups is 2. The van der Waals surface area contributed by atoms with Gasteiger partial charge in [-0.05, 0) is 30.3 Å². The first kappa shape index (κ1) is 22.9. The van der Waals surface area contributed by atoms with E-state index < -0.39 is 12.2 Å². The minimum Gasteiger partial charge on any atom is -0.455 e. The highest BCUT2D eigenvalue weighted by Crippen LogP contribution is 2.30. The Hall–Kier alpha value is -4.91. The fraction of sp³-hybridized carbons (Fsp3) is 0.0690. The third kappa shape index (κ3) is 4.81. The summed E-state index contributed by atoms with van der Waals surface area (Å²) in [7, 11) is 1.68. The van der Waals surface area contributed by atoms with Crippen LogP contribution >= 0.6 is 0 Å². The van der Waals surface area contributed by atoms with Crippen LogP contribution < -0.4 is 20.3 Å². The smallest absolute Gasteiger partial charge is 0.321 e. The molecule has 4 aromatic carbocycles. The van der Waals surface area contributed by atoms with E-state index in [1.54, 1.807) is 25.2 Å². The molecule has 0 unspecified atom stereocenters. The average Bonchev–Trinajstić information content (AvgIpc) is 3.01. The van der Waals surface area contributed by atoms with Gasteiger partial charge in [-0.1, -0.05) is 78.9 Å². The first-order valence-corrected chi connectivity index (χ1v) is 11.5. The van der Waals surface area contributed by atoms with Gasteiger partial charge in [-0.25, -0.2) is 9.79 Å². The van der Waals surface area contributed by atoms with Crippen molar-refractivity contribution in [2.45, 2.75) is 6.17 Å². The molecule has 0 fully saturated rings. The van der Waals surface area contributed by atoms with Crippen molar-refractivity contribution in [2.24, 2.45) is 4.99 Å². The number of benzene rings is 4. The lowest BCUT2D eigenvalue weighted by Crippen LogP contribution is -2.47. The quantitative estimate of drug-likeness (QED) is 0.402. The van der Waals surface area contributed by atoms with E-state index in [0.29, 0.717) is 22.9 Å². The number of aliphatic imine (C=N–C) groups is 1. The summed E-state index contributed by atoms with van der Waals surface area (Å²) >= 11 is 0. The zero-order valence-electron chi connectivity index (χ0n) is 19.6. The van der Waals surface area contributed by atoms with Crippen molar-refractivity contribution in [3.05, 3.63) is 120 Å². The number of ether oxygens (including phenoxy) is 1. The number of nitrogens with zero attached hydrogens (tertiary/aromatic N) is 2. The predicted octanol–water partition coefficient (Wildman–Crippen LogP) is 5.44. The Kier molecular flexibility index (Phi) is 6.44. The van der Waals surface area contributed by atoms with Crippen LogP contribution in [0.25, 0.3) is 0 Å². The molecule has 0 aliphatic carbocycles. The van der Waals surface area contributed by atoms with Crippen LogP contribution in [-0.2, 0) is 4.79 Å². The molecule has 2 N–H and O–H groups in total. The van der Waals surface area contributed by atoms with Gasteiger partial charge < -0.3 is 20.3 Å². The second-order valence-corrected chi connectivity index (χ2v) is 8.17. The summed E-state index contributed by atoms with van der Waals surface area (Å²) in [5.74, 6) is 0.768. The molecular weight excluding hydrogens is 452 g/mol. The second kappa shape index (κ2) is 10.1. The highest BCUT2D eigenvalue weighted by Gasteiger charge is 2.31. The summed E-state index contributed by atoms with van der Waals surface area (Å²) in [6.45, 7) is 0. The van der Waals surface area contributed by atoms with Gasteiger partial charge in [-0.2, -0.15) is 0 Å². The normalized spacial score (nSPS) is 14.8. The van der Waals surface area contributed by atoms with E-state index in [2.05, 4.69) is 10.6 Å². The third-order valence-corrected chi connectivity index (χ3v) is 5.76. The number of benzodiazepines with no additional fused rings is 1. The van der Waals surface area contributed by atoms with E-state index in [4.69, 9.17) is 9.73 Å². The second-order valence-electron chi connectivity index (χ2n) is 8.17. The Balaban J connectivity index is 1.42. The van der Waals surface area contributed by atoms with E-state index >= 15 is 0 Å². The summed E-state index contributed by atoms with van der Waals surface area (Å²) < 4.78 is 5.93. The number of amides is 3. The lowest BCUT2D eigenvalue weighted by molar-refractivity contribution is -0.119. The van der Waals surface area contributed by atoms with Gasteiger partial charge >= 0.3 is 6.03 Å². The topological polar surface area (TPSA) is 83.0 Å². The number of urea groups is 1. The summed E-state index contributed by atoms with van der Waals surface area (Å²) in [4.78, 5) is 32.6. The van der Waals surface area contributed by atoms with Crippen LogP contribution in [0.1, 0.15) is 11.1 Å². The van der Waals surface area contributed by atoms with Crippen LogP contribution in [0.15, 0.2) is 114 Å². The zero-order valence-corrected chi connectivity index (χ0v) is 19.6. The first-order chi connectivity index (χ1) is 17.6. The van der Waals surface area contributed by atoms with Gasteiger partial charge in [-0.3, -0.25) is 4.79 Å². The Morgan fingerprint density at radius 2 is 1.47 bits per heavy atom. The summed E-state index contributed by atoms with van der Waals surface area (Å²) in [5.41, 5.74) is 3.47. The van der Waals surface area contributed by atoms with Crippen molar-refractivity contribution in [2.75, 3.05) is 17.3 Å². The van der Waals surface area contributed by atoms with E-state index in [1.165, 1.54) is 4.90 Å². The minimum atomic E-state index is -1.13. The molecule has 1 aliphatic rings. The number of likely N-dealkylation sites (N-methyl/N-ethyl adjacent to an activating group) is 1. The lowest BCUT2D eigenvalue weighted by Gasteiger charge is -2.21. The van der Waals surface area contributed by atoms with Crippen LogP contribution in [0.5, 0.6) is 11.5 Å². The van der Waals surface area contributed by atoms with Crippen LogP contribution in [0.2, 0.25) is 0 Å². The van der Waals surface area contributed by atoms with E-state index in [0.717, 1.165) is 16.8 Å². The summed E-state index contributed by atoms with van der Waals surface area (Å²) in [5, 5.41) is 5.52. The standard InChI is InChI=1S/C29H24N4O3/c1-33-24-18-10-8-16-22(24)26(20-12-4-2-5-13-20)31-27(28(33)34)32-29(35)30-23-17-9-11-19-25(23)36-21-14-6-3-7-15-21/h2-19,27H,1H3,(H2,30,32,35)/t27-/m1/s1. The maximum absolute atomic E-state index is 13.3. The van der Waals surface area contributed by atoms with Crippen molar-refractivity contribution in [3.63, 3.8) is 0 Å². The van der Waals surface area contributed by atoms with Crippen molar-refractivity contribution in [1.29, 1.82) is 0 Å². The Bertz CT molecular complexity index is 1420. The monoisotopic (exact) mass is 476 g/mol. The fourth-order valence-electron chi connectivity index (χ4n) is 4.00. The van der Waals surface area contributed by atoms with Gasteiger partial charge in [0.2, 0.25) is 6.17 Å². The number of para-hydroxylation sites is 4. The number of nitrogens with one attached hydrogen (secondary N) is 2. The summed E-state index contributed by atoms with van der Waals surface area (Å²) in [6.07, 6.45) is -1.13. The molecule has 5 rings (SSSR count). The number of rotatable bonds is 5. The highest BCUT2D eigenvalue weighted by molar-refractivity contribution is 6.20. The molecule has 1 atom stereocenters. The fourth-order valence-corrected chi connectivity index (χ4v) is 4.00. The Morgan fingerprint density at radius 3 is 2.25 bits per heavy atom. The van der Waals surface area contributed by atoms with Gasteiger partial charge in [0, 0.05) is 18.2 Å². The lowest BCUT2D eigenvalue weighted by atomic mass is 10.0. The van der Waals surface area contributed by atoms with Crippen LogP contribution in [0.3, 0.4) is 0 Å². The maximum atomic E-state index is 13.3. The predicted molar refractivity (Wildman–Crippen MR) is 141 cm³/mol. The molecular formula is C29H24N4O3. The minimum absolute atomic E-state index is 0.350. The van der Waals surface area contributed by atoms with Crippen molar-refractivity contribution in [1.82, 2.24) is 5.32 Å². The Morgan fingerprint density at radius 1 is 0.833 bits per heavy atom. The van der Waals surface area contributed by atoms with Gasteiger partial charge in [0.25, 0.3) is 5.91 Å². The van der Waals surface area contributed by atoms with Gasteiger partial charge in [0.05, 0.1) is 17.1 Å². The molecule has 3 amide bonds. The molecule has 36 heavy (non-hydrogen) atoms. The van der Waals surface area contributed by atoms with Crippen LogP contribution in [-0.4, -0.2) is 30.9 Å². The van der Waals surface area contributed by atoms with Crippen LogP contribution in [0.4, 0.5) is 16.2 Å². The van der Waals surface area contributed by atoms with Crippen molar-refractivity contribution >= 4 is 29.0 Å². The van der Waals surface area contributed by atoms with Gasteiger partial charge in [0.15, 0.2) is 5.75 Å². The van der Waals surface area contributed by atoms with Crippen molar-refractivity contribution < 1.29 is 14.3 Å². The van der Waals surface area contributed by atoms with E-state index in [1.807, 2.05) is 91.0 Å². The number of anilines is 2. The number of carbonyl (C=O) groups excluding carboxylic acids is 2.